The molecule has 1 aliphatic heterocycles. The van der Waals surface area contributed by atoms with Gasteiger partial charge in [0.1, 0.15) is 0 Å². The molecule has 4 rings (SSSR count). The number of rotatable bonds is 4. The molecule has 3 aromatic rings. The number of pyridine rings is 1. The van der Waals surface area contributed by atoms with Crippen LogP contribution in [0.1, 0.15) is 16.8 Å². The Balaban J connectivity index is 1.79. The molecular formula is C21H21N3O4. The Labute approximate surface area is 162 Å². The molecule has 0 aliphatic carbocycles. The molecule has 0 spiro atoms. The maximum absolute atomic E-state index is 11.2. The lowest BCUT2D eigenvalue weighted by Gasteiger charge is -2.32. The maximum atomic E-state index is 11.2. The highest BCUT2D eigenvalue weighted by Gasteiger charge is 2.22. The SMILES string of the molecule is COc1cc2c(cc1OC)CN(c1cc(C)nc3ccc([N+](=O)[O-])cc13)CC2. The van der Waals surface area contributed by atoms with E-state index in [-0.39, 0.29) is 10.6 Å². The summed E-state index contributed by atoms with van der Waals surface area (Å²) in [6, 6.07) is 10.9. The highest BCUT2D eigenvalue weighted by molar-refractivity contribution is 5.93. The number of aromatic nitrogens is 1. The topological polar surface area (TPSA) is 77.7 Å². The summed E-state index contributed by atoms with van der Waals surface area (Å²) >= 11 is 0. The van der Waals surface area contributed by atoms with E-state index in [1.54, 1.807) is 26.4 Å². The summed E-state index contributed by atoms with van der Waals surface area (Å²) in [6.07, 6.45) is 0.855. The Bertz CT molecular complexity index is 1080. The molecule has 1 aliphatic rings. The first-order chi connectivity index (χ1) is 13.5. The van der Waals surface area contributed by atoms with Gasteiger partial charge in [-0.05, 0) is 48.7 Å². The number of ether oxygens (including phenoxy) is 2. The number of nitro groups is 1. The van der Waals surface area contributed by atoms with Crippen LogP contribution in [-0.4, -0.2) is 30.7 Å². The van der Waals surface area contributed by atoms with E-state index in [4.69, 9.17) is 9.47 Å². The number of aryl methyl sites for hydroxylation is 1. The van der Waals surface area contributed by atoms with Gasteiger partial charge in [-0.15, -0.1) is 0 Å². The fourth-order valence-electron chi connectivity index (χ4n) is 3.79. The summed E-state index contributed by atoms with van der Waals surface area (Å²) in [5.74, 6) is 1.44. The number of non-ortho nitro benzene ring substituents is 1. The lowest BCUT2D eigenvalue weighted by Crippen LogP contribution is -2.30. The molecule has 7 nitrogen and oxygen atoms in total. The summed E-state index contributed by atoms with van der Waals surface area (Å²) in [6.45, 7) is 3.44. The van der Waals surface area contributed by atoms with Crippen molar-refractivity contribution < 1.29 is 14.4 Å². The van der Waals surface area contributed by atoms with Crippen molar-refractivity contribution in [1.82, 2.24) is 4.98 Å². The molecule has 0 unspecified atom stereocenters. The van der Waals surface area contributed by atoms with Gasteiger partial charge in [0.15, 0.2) is 11.5 Å². The number of anilines is 1. The van der Waals surface area contributed by atoms with Crippen molar-refractivity contribution in [2.45, 2.75) is 19.9 Å². The fourth-order valence-corrected chi connectivity index (χ4v) is 3.79. The fraction of sp³-hybridized carbons (Fsp3) is 0.286. The van der Waals surface area contributed by atoms with E-state index in [0.29, 0.717) is 12.3 Å². The number of methoxy groups -OCH3 is 2. The third-order valence-corrected chi connectivity index (χ3v) is 5.17. The minimum atomic E-state index is -0.369. The van der Waals surface area contributed by atoms with Crippen LogP contribution < -0.4 is 14.4 Å². The lowest BCUT2D eigenvalue weighted by atomic mass is 9.97. The Morgan fingerprint density at radius 2 is 1.79 bits per heavy atom. The molecule has 1 aromatic heterocycles. The standard InChI is InChI=1S/C21H21N3O4/c1-13-8-19(17-11-16(24(25)26)4-5-18(17)22-13)23-7-6-14-9-20(27-2)21(28-3)10-15(14)12-23/h4-5,8-11H,6-7,12H2,1-3H3. The monoisotopic (exact) mass is 379 g/mol. The van der Waals surface area contributed by atoms with E-state index in [9.17, 15) is 10.1 Å². The Hall–Kier alpha value is -3.35. The van der Waals surface area contributed by atoms with Crippen LogP contribution in [0.15, 0.2) is 36.4 Å². The van der Waals surface area contributed by atoms with Gasteiger partial charge in [0.2, 0.25) is 0 Å². The van der Waals surface area contributed by atoms with Crippen LogP contribution in [0.5, 0.6) is 11.5 Å². The molecule has 0 N–H and O–H groups in total. The smallest absolute Gasteiger partial charge is 0.270 e. The zero-order valence-corrected chi connectivity index (χ0v) is 16.1. The first-order valence-corrected chi connectivity index (χ1v) is 9.04. The van der Waals surface area contributed by atoms with Crippen LogP contribution in [0.25, 0.3) is 10.9 Å². The van der Waals surface area contributed by atoms with Crippen LogP contribution >= 0.6 is 0 Å². The summed E-state index contributed by atoms with van der Waals surface area (Å²) in [7, 11) is 3.27. The molecule has 0 saturated heterocycles. The van der Waals surface area contributed by atoms with Crippen molar-refractivity contribution in [3.63, 3.8) is 0 Å². The maximum Gasteiger partial charge on any atom is 0.270 e. The molecule has 0 fully saturated rings. The first kappa shape index (κ1) is 18.0. The molecular weight excluding hydrogens is 358 g/mol. The Kier molecular flexibility index (Phi) is 4.50. The molecule has 0 saturated carbocycles. The molecule has 144 valence electrons. The van der Waals surface area contributed by atoms with Gasteiger partial charge < -0.3 is 14.4 Å². The van der Waals surface area contributed by atoms with Gasteiger partial charge in [-0.2, -0.15) is 0 Å². The second-order valence-corrected chi connectivity index (χ2v) is 6.89. The molecule has 0 radical (unpaired) electrons. The minimum Gasteiger partial charge on any atom is -0.493 e. The first-order valence-electron chi connectivity index (χ1n) is 9.04. The van der Waals surface area contributed by atoms with Gasteiger partial charge in [0.05, 0.1) is 24.7 Å². The van der Waals surface area contributed by atoms with Gasteiger partial charge in [0.25, 0.3) is 5.69 Å². The van der Waals surface area contributed by atoms with Gasteiger partial charge in [-0.1, -0.05) is 0 Å². The van der Waals surface area contributed by atoms with Crippen molar-refractivity contribution in [3.8, 4) is 11.5 Å². The van der Waals surface area contributed by atoms with Gasteiger partial charge in [0, 0.05) is 42.0 Å². The second-order valence-electron chi connectivity index (χ2n) is 6.89. The predicted octanol–water partition coefficient (Wildman–Crippen LogP) is 4.03. The normalized spacial score (nSPS) is 13.3. The average Bonchev–Trinajstić information content (AvgIpc) is 2.71. The number of benzene rings is 2. The van der Waals surface area contributed by atoms with Crippen LogP contribution in [0, 0.1) is 17.0 Å². The Morgan fingerprint density at radius 1 is 1.07 bits per heavy atom. The molecule has 7 heteroatoms. The number of hydrogen-bond acceptors (Lipinski definition) is 6. The summed E-state index contributed by atoms with van der Waals surface area (Å²) in [5, 5.41) is 12.0. The Morgan fingerprint density at radius 3 is 2.46 bits per heavy atom. The van der Waals surface area contributed by atoms with Crippen molar-refractivity contribution >= 4 is 22.3 Å². The second kappa shape index (κ2) is 6.99. The van der Waals surface area contributed by atoms with Crippen LogP contribution in [0.3, 0.4) is 0 Å². The van der Waals surface area contributed by atoms with Crippen molar-refractivity contribution in [3.05, 3.63) is 63.3 Å². The van der Waals surface area contributed by atoms with Gasteiger partial charge in [-0.25, -0.2) is 0 Å². The summed E-state index contributed by atoms with van der Waals surface area (Å²) in [5.41, 5.74) is 5.08. The highest BCUT2D eigenvalue weighted by Crippen LogP contribution is 2.37. The van der Waals surface area contributed by atoms with E-state index >= 15 is 0 Å². The summed E-state index contributed by atoms with van der Waals surface area (Å²) < 4.78 is 10.9. The molecule has 0 bridgehead atoms. The molecule has 0 atom stereocenters. The predicted molar refractivity (Wildman–Crippen MR) is 107 cm³/mol. The van der Waals surface area contributed by atoms with Gasteiger partial charge in [-0.3, -0.25) is 15.1 Å². The summed E-state index contributed by atoms with van der Waals surface area (Å²) in [4.78, 5) is 17.7. The van der Waals surface area contributed by atoms with E-state index in [2.05, 4.69) is 9.88 Å². The number of hydrogen-bond donors (Lipinski definition) is 0. The zero-order chi connectivity index (χ0) is 19.8. The largest absolute Gasteiger partial charge is 0.493 e. The number of fused-ring (bicyclic) bond motifs is 2. The molecule has 2 aromatic carbocycles. The molecule has 0 amide bonds. The third kappa shape index (κ3) is 3.09. The third-order valence-electron chi connectivity index (χ3n) is 5.17. The van der Waals surface area contributed by atoms with Crippen LogP contribution in [0.4, 0.5) is 11.4 Å². The van der Waals surface area contributed by atoms with Crippen molar-refractivity contribution in [2.75, 3.05) is 25.7 Å². The molecule has 28 heavy (non-hydrogen) atoms. The van der Waals surface area contributed by atoms with Gasteiger partial charge >= 0.3 is 0 Å². The molecule has 2 heterocycles. The van der Waals surface area contributed by atoms with Crippen LogP contribution in [0.2, 0.25) is 0 Å². The van der Waals surface area contributed by atoms with E-state index in [1.807, 2.05) is 25.1 Å². The van der Waals surface area contributed by atoms with E-state index in [0.717, 1.165) is 46.6 Å². The van der Waals surface area contributed by atoms with Crippen LogP contribution in [-0.2, 0) is 13.0 Å². The number of nitrogens with zero attached hydrogens (tertiary/aromatic N) is 3. The van der Waals surface area contributed by atoms with Crippen molar-refractivity contribution in [2.24, 2.45) is 0 Å². The quantitative estimate of drug-likeness (QED) is 0.503. The highest BCUT2D eigenvalue weighted by atomic mass is 16.6. The number of nitro benzene ring substituents is 1. The minimum absolute atomic E-state index is 0.0724. The lowest BCUT2D eigenvalue weighted by molar-refractivity contribution is -0.384. The van der Waals surface area contributed by atoms with Crippen molar-refractivity contribution in [1.29, 1.82) is 0 Å². The van der Waals surface area contributed by atoms with E-state index < -0.39 is 0 Å². The zero-order valence-electron chi connectivity index (χ0n) is 16.1. The average molecular weight is 379 g/mol. The van der Waals surface area contributed by atoms with E-state index in [1.165, 1.54) is 11.6 Å².